The van der Waals surface area contributed by atoms with Crippen LogP contribution in [0.2, 0.25) is 0 Å². The van der Waals surface area contributed by atoms with Crippen LogP contribution in [0.25, 0.3) is 0 Å². The number of guanidine groups is 1. The van der Waals surface area contributed by atoms with Gasteiger partial charge in [0.15, 0.2) is 5.96 Å². The third-order valence-electron chi connectivity index (χ3n) is 5.72. The van der Waals surface area contributed by atoms with Gasteiger partial charge in [0.2, 0.25) is 5.91 Å². The van der Waals surface area contributed by atoms with Gasteiger partial charge in [-0.15, -0.1) is 24.0 Å². The average molecular weight is 470 g/mol. The minimum absolute atomic E-state index is 0. The second kappa shape index (κ2) is 9.06. The molecule has 1 aromatic rings. The molecule has 0 bridgehead atoms. The molecule has 5 nitrogen and oxygen atoms in total. The average Bonchev–Trinajstić information content (AvgIpc) is 3.07. The highest BCUT2D eigenvalue weighted by molar-refractivity contribution is 14.0. The first-order valence-corrected chi connectivity index (χ1v) is 9.30. The number of halogens is 1. The van der Waals surface area contributed by atoms with Crippen molar-refractivity contribution in [2.75, 3.05) is 34.2 Å². The van der Waals surface area contributed by atoms with Crippen molar-refractivity contribution in [3.05, 3.63) is 35.4 Å². The van der Waals surface area contributed by atoms with Crippen molar-refractivity contribution in [1.29, 1.82) is 0 Å². The van der Waals surface area contributed by atoms with Gasteiger partial charge >= 0.3 is 0 Å². The van der Waals surface area contributed by atoms with Crippen LogP contribution in [0.5, 0.6) is 0 Å². The van der Waals surface area contributed by atoms with Gasteiger partial charge in [-0.3, -0.25) is 9.79 Å². The van der Waals surface area contributed by atoms with Crippen LogP contribution in [0.15, 0.2) is 29.3 Å². The predicted molar refractivity (Wildman–Crippen MR) is 117 cm³/mol. The number of carbonyl (C=O) groups excluding carboxylic acids is 1. The van der Waals surface area contributed by atoms with E-state index in [4.69, 9.17) is 0 Å². The molecule has 1 aromatic carbocycles. The van der Waals surface area contributed by atoms with E-state index in [2.05, 4.69) is 39.9 Å². The molecular formula is C20H31IN4O. The number of hydrogen-bond acceptors (Lipinski definition) is 2. The second-order valence-corrected chi connectivity index (χ2v) is 7.59. The van der Waals surface area contributed by atoms with E-state index < -0.39 is 0 Å². The molecule has 1 unspecified atom stereocenters. The Bertz CT molecular complexity index is 653. The van der Waals surface area contributed by atoms with Crippen molar-refractivity contribution in [2.24, 2.45) is 10.4 Å². The van der Waals surface area contributed by atoms with E-state index >= 15 is 0 Å². The fraction of sp³-hybridized carbons (Fsp3) is 0.600. The Balaban J connectivity index is 0.00000243. The lowest BCUT2D eigenvalue weighted by molar-refractivity contribution is -0.138. The Morgan fingerprint density at radius 1 is 1.23 bits per heavy atom. The number of nitrogens with one attached hydrogen (secondary N) is 2. The minimum atomic E-state index is -0.274. The molecule has 1 saturated carbocycles. The molecule has 2 N–H and O–H groups in total. The highest BCUT2D eigenvalue weighted by Gasteiger charge is 2.42. The zero-order valence-electron chi connectivity index (χ0n) is 16.0. The van der Waals surface area contributed by atoms with Crippen LogP contribution in [0.1, 0.15) is 42.7 Å². The summed E-state index contributed by atoms with van der Waals surface area (Å²) >= 11 is 0. The van der Waals surface area contributed by atoms with E-state index in [0.29, 0.717) is 12.5 Å². The van der Waals surface area contributed by atoms with Gasteiger partial charge in [0.05, 0.1) is 5.41 Å². The summed E-state index contributed by atoms with van der Waals surface area (Å²) in [5.74, 6) is 1.58. The highest BCUT2D eigenvalue weighted by atomic mass is 127. The summed E-state index contributed by atoms with van der Waals surface area (Å²) < 4.78 is 0. The summed E-state index contributed by atoms with van der Waals surface area (Å²) in [5, 5.41) is 6.84. The van der Waals surface area contributed by atoms with Crippen molar-refractivity contribution in [3.63, 3.8) is 0 Å². The Morgan fingerprint density at radius 3 is 2.54 bits per heavy atom. The number of benzene rings is 1. The molecule has 0 aliphatic heterocycles. The zero-order chi connectivity index (χ0) is 17.9. The fourth-order valence-corrected chi connectivity index (χ4v) is 4.23. The van der Waals surface area contributed by atoms with E-state index in [0.717, 1.165) is 44.6 Å². The minimum Gasteiger partial charge on any atom is -0.356 e. The first-order chi connectivity index (χ1) is 12.1. The predicted octanol–water partition coefficient (Wildman–Crippen LogP) is 2.76. The van der Waals surface area contributed by atoms with E-state index in [-0.39, 0.29) is 35.3 Å². The summed E-state index contributed by atoms with van der Waals surface area (Å²) in [6.45, 7) is 1.54. The van der Waals surface area contributed by atoms with E-state index in [1.54, 1.807) is 11.9 Å². The maximum Gasteiger partial charge on any atom is 0.230 e. The van der Waals surface area contributed by atoms with Gasteiger partial charge in [0.1, 0.15) is 0 Å². The van der Waals surface area contributed by atoms with Crippen molar-refractivity contribution in [2.45, 2.75) is 38.0 Å². The van der Waals surface area contributed by atoms with Gasteiger partial charge in [-0.2, -0.15) is 0 Å². The number of carbonyl (C=O) groups is 1. The Hall–Kier alpha value is -1.31. The number of fused-ring (bicyclic) bond motifs is 1. The summed E-state index contributed by atoms with van der Waals surface area (Å²) in [6.07, 6.45) is 5.32. The van der Waals surface area contributed by atoms with Crippen LogP contribution in [-0.4, -0.2) is 51.0 Å². The molecule has 0 spiro atoms. The largest absolute Gasteiger partial charge is 0.356 e. The van der Waals surface area contributed by atoms with Gasteiger partial charge in [0.25, 0.3) is 0 Å². The lowest BCUT2D eigenvalue weighted by atomic mass is 9.78. The third kappa shape index (κ3) is 4.32. The Kier molecular flexibility index (Phi) is 7.32. The molecule has 1 fully saturated rings. The maximum absolute atomic E-state index is 12.7. The summed E-state index contributed by atoms with van der Waals surface area (Å²) in [5.41, 5.74) is 2.63. The topological polar surface area (TPSA) is 56.7 Å². The van der Waals surface area contributed by atoms with Crippen LogP contribution < -0.4 is 10.6 Å². The van der Waals surface area contributed by atoms with Crippen LogP contribution in [-0.2, 0) is 11.2 Å². The number of nitrogens with zero attached hydrogens (tertiary/aromatic N) is 2. The third-order valence-corrected chi connectivity index (χ3v) is 5.72. The number of amides is 1. The SMILES string of the molecule is CN=C(NCC1Cc2ccccc21)NCC1(C(=O)N(C)C)CCCC1.I. The highest BCUT2D eigenvalue weighted by Crippen LogP contribution is 2.39. The van der Waals surface area contributed by atoms with Gasteiger partial charge in [-0.05, 0) is 30.4 Å². The lowest BCUT2D eigenvalue weighted by Crippen LogP contribution is -2.49. The van der Waals surface area contributed by atoms with E-state index in [9.17, 15) is 4.79 Å². The Morgan fingerprint density at radius 2 is 1.92 bits per heavy atom. The zero-order valence-corrected chi connectivity index (χ0v) is 18.4. The molecule has 0 aromatic heterocycles. The van der Waals surface area contributed by atoms with E-state index in [1.165, 1.54) is 11.1 Å². The van der Waals surface area contributed by atoms with Crippen molar-refractivity contribution >= 4 is 35.8 Å². The van der Waals surface area contributed by atoms with E-state index in [1.807, 2.05) is 14.1 Å². The Labute approximate surface area is 174 Å². The van der Waals surface area contributed by atoms with Gasteiger partial charge in [-0.1, -0.05) is 37.1 Å². The first-order valence-electron chi connectivity index (χ1n) is 9.30. The molecular weight excluding hydrogens is 439 g/mol. The molecule has 0 radical (unpaired) electrons. The molecule has 1 atom stereocenters. The van der Waals surface area contributed by atoms with Crippen LogP contribution >= 0.6 is 24.0 Å². The lowest BCUT2D eigenvalue weighted by Gasteiger charge is -2.33. The summed E-state index contributed by atoms with van der Waals surface area (Å²) in [7, 11) is 5.49. The second-order valence-electron chi connectivity index (χ2n) is 7.59. The summed E-state index contributed by atoms with van der Waals surface area (Å²) in [6, 6.07) is 8.63. The molecule has 1 amide bonds. The van der Waals surface area contributed by atoms with Crippen molar-refractivity contribution in [3.8, 4) is 0 Å². The van der Waals surface area contributed by atoms with Crippen LogP contribution in [0.3, 0.4) is 0 Å². The molecule has 0 heterocycles. The monoisotopic (exact) mass is 470 g/mol. The molecule has 3 rings (SSSR count). The maximum atomic E-state index is 12.7. The number of aliphatic imine (C=N–C) groups is 1. The normalized spacial score (nSPS) is 20.4. The van der Waals surface area contributed by atoms with Gasteiger partial charge in [0, 0.05) is 40.2 Å². The molecule has 2 aliphatic rings. The van der Waals surface area contributed by atoms with Crippen LogP contribution in [0, 0.1) is 5.41 Å². The first kappa shape index (κ1) is 21.0. The number of hydrogen-bond donors (Lipinski definition) is 2. The summed E-state index contributed by atoms with van der Waals surface area (Å²) in [4.78, 5) is 18.7. The van der Waals surface area contributed by atoms with Crippen molar-refractivity contribution in [1.82, 2.24) is 15.5 Å². The number of rotatable bonds is 5. The van der Waals surface area contributed by atoms with Crippen molar-refractivity contribution < 1.29 is 4.79 Å². The quantitative estimate of drug-likeness (QED) is 0.396. The molecule has 6 heteroatoms. The standard InChI is InChI=1S/C20H30N4O.HI/c1-21-19(22-13-16-12-15-8-4-5-9-17(15)16)23-14-20(10-6-7-11-20)18(25)24(2)3;/h4-5,8-9,16H,6-7,10-14H2,1-3H3,(H2,21,22,23);1H. The molecule has 0 saturated heterocycles. The fourth-order valence-electron chi connectivity index (χ4n) is 4.23. The van der Waals surface area contributed by atoms with Gasteiger partial charge in [-0.25, -0.2) is 0 Å². The smallest absolute Gasteiger partial charge is 0.230 e. The van der Waals surface area contributed by atoms with Gasteiger partial charge < -0.3 is 15.5 Å². The molecule has 144 valence electrons. The van der Waals surface area contributed by atoms with Crippen LogP contribution in [0.4, 0.5) is 0 Å². The molecule has 2 aliphatic carbocycles. The molecule has 26 heavy (non-hydrogen) atoms.